The minimum atomic E-state index is 0.124. The van der Waals surface area contributed by atoms with Crippen LogP contribution in [0.25, 0.3) is 0 Å². The van der Waals surface area contributed by atoms with Gasteiger partial charge in [-0.25, -0.2) is 0 Å². The molecule has 6 nitrogen and oxygen atoms in total. The molecular weight excluding hydrogens is 256 g/mol. The van der Waals surface area contributed by atoms with E-state index in [1.165, 1.54) is 0 Å². The van der Waals surface area contributed by atoms with E-state index in [1.54, 1.807) is 22.2 Å². The van der Waals surface area contributed by atoms with Crippen LogP contribution in [0.3, 0.4) is 0 Å². The van der Waals surface area contributed by atoms with Crippen LogP contribution in [0.15, 0.2) is 24.8 Å². The molecule has 0 bridgehead atoms. The van der Waals surface area contributed by atoms with Gasteiger partial charge in [-0.1, -0.05) is 0 Å². The van der Waals surface area contributed by atoms with Crippen LogP contribution in [-0.2, 0) is 9.59 Å². The van der Waals surface area contributed by atoms with Crippen molar-refractivity contribution in [3.63, 3.8) is 0 Å². The molecule has 0 N–H and O–H groups in total. The maximum absolute atomic E-state index is 11.9. The molecule has 20 heavy (non-hydrogen) atoms. The van der Waals surface area contributed by atoms with E-state index in [4.69, 9.17) is 0 Å². The van der Waals surface area contributed by atoms with Crippen LogP contribution >= 0.6 is 0 Å². The van der Waals surface area contributed by atoms with Gasteiger partial charge < -0.3 is 9.80 Å². The molecule has 0 aliphatic carbocycles. The molecule has 6 heteroatoms. The molecule has 2 aliphatic rings. The summed E-state index contributed by atoms with van der Waals surface area (Å²) in [5, 5.41) is 0. The summed E-state index contributed by atoms with van der Waals surface area (Å²) in [5.41, 5.74) is 0. The Balaban J connectivity index is 1.60. The van der Waals surface area contributed by atoms with Gasteiger partial charge in [0.1, 0.15) is 0 Å². The number of amides is 2. The molecule has 0 aromatic carbocycles. The zero-order valence-electron chi connectivity index (χ0n) is 12.2. The fourth-order valence-electron chi connectivity index (χ4n) is 2.22. The topological polar surface area (TPSA) is 47.1 Å². The fraction of sp³-hybridized carbons (Fsp3) is 0.571. The number of hydrogen-bond acceptors (Lipinski definition) is 4. The third kappa shape index (κ3) is 3.76. The predicted octanol–water partition coefficient (Wildman–Crippen LogP) is 0.952. The first-order valence-electron chi connectivity index (χ1n) is 6.92. The molecule has 0 saturated heterocycles. The Morgan fingerprint density at radius 2 is 1.20 bits per heavy atom. The summed E-state index contributed by atoms with van der Waals surface area (Å²) in [5.74, 6) is 0.248. The lowest BCUT2D eigenvalue weighted by molar-refractivity contribution is -0.131. The van der Waals surface area contributed by atoms with Crippen molar-refractivity contribution in [2.45, 2.75) is 25.7 Å². The number of carbonyl (C=O) groups is 2. The molecule has 2 amide bonds. The average molecular weight is 278 g/mol. The number of unbranched alkanes of at least 4 members (excludes halogenated alkanes) is 1. The molecule has 2 heterocycles. The Hall–Kier alpha value is -1.98. The van der Waals surface area contributed by atoms with Gasteiger partial charge in [-0.3, -0.25) is 19.4 Å². The first-order chi connectivity index (χ1) is 9.56. The van der Waals surface area contributed by atoms with E-state index < -0.39 is 0 Å². The first-order valence-corrected chi connectivity index (χ1v) is 6.92. The van der Waals surface area contributed by atoms with E-state index in [0.717, 1.165) is 12.8 Å². The summed E-state index contributed by atoms with van der Waals surface area (Å²) in [6.45, 7) is 1.26. The molecule has 2 rings (SSSR count). The van der Waals surface area contributed by atoms with E-state index >= 15 is 0 Å². The van der Waals surface area contributed by atoms with Gasteiger partial charge in [-0.15, -0.1) is 0 Å². The summed E-state index contributed by atoms with van der Waals surface area (Å²) < 4.78 is 0. The van der Waals surface area contributed by atoms with E-state index in [2.05, 4.69) is 0 Å². The van der Waals surface area contributed by atoms with Crippen molar-refractivity contribution in [2.24, 2.45) is 0 Å². The van der Waals surface area contributed by atoms with Crippen LogP contribution in [0, 0.1) is 0 Å². The summed E-state index contributed by atoms with van der Waals surface area (Å²) in [6.07, 6.45) is 9.90. The Labute approximate surface area is 119 Å². The van der Waals surface area contributed by atoms with E-state index in [-0.39, 0.29) is 11.8 Å². The monoisotopic (exact) mass is 278 g/mol. The van der Waals surface area contributed by atoms with Crippen LogP contribution in [0.1, 0.15) is 25.7 Å². The maximum atomic E-state index is 11.9. The highest BCUT2D eigenvalue weighted by atomic mass is 16.2. The van der Waals surface area contributed by atoms with Gasteiger partial charge in [0, 0.05) is 51.7 Å². The van der Waals surface area contributed by atoms with Crippen molar-refractivity contribution >= 4 is 11.8 Å². The second-order valence-electron chi connectivity index (χ2n) is 5.33. The van der Waals surface area contributed by atoms with Crippen molar-refractivity contribution in [3.05, 3.63) is 24.8 Å². The zero-order chi connectivity index (χ0) is 14.5. The first kappa shape index (κ1) is 14.4. The fourth-order valence-corrected chi connectivity index (χ4v) is 2.22. The average Bonchev–Trinajstić information content (AvgIpc) is 3.03. The zero-order valence-corrected chi connectivity index (χ0v) is 12.2. The van der Waals surface area contributed by atoms with Gasteiger partial charge in [0.2, 0.25) is 11.8 Å². The summed E-state index contributed by atoms with van der Waals surface area (Å²) >= 11 is 0. The second-order valence-corrected chi connectivity index (χ2v) is 5.33. The number of nitrogens with zero attached hydrogens (tertiary/aromatic N) is 4. The van der Waals surface area contributed by atoms with Gasteiger partial charge in [-0.05, 0) is 12.8 Å². The quantitative estimate of drug-likeness (QED) is 0.703. The molecule has 0 atom stereocenters. The highest BCUT2D eigenvalue weighted by Crippen LogP contribution is 2.11. The van der Waals surface area contributed by atoms with Crippen LogP contribution in [0.2, 0.25) is 0 Å². The molecule has 0 saturated carbocycles. The van der Waals surface area contributed by atoms with Crippen LogP contribution in [-0.4, -0.2) is 58.8 Å². The van der Waals surface area contributed by atoms with Crippen LogP contribution < -0.4 is 0 Å². The number of rotatable bonds is 5. The lowest BCUT2D eigenvalue weighted by atomic mass is 10.1. The van der Waals surface area contributed by atoms with Crippen molar-refractivity contribution in [1.82, 2.24) is 19.6 Å². The normalized spacial score (nSPS) is 17.5. The summed E-state index contributed by atoms with van der Waals surface area (Å²) in [4.78, 5) is 31.1. The molecule has 0 aromatic rings. The summed E-state index contributed by atoms with van der Waals surface area (Å²) in [6, 6.07) is 0. The molecule has 110 valence electrons. The van der Waals surface area contributed by atoms with E-state index in [9.17, 15) is 9.59 Å². The Morgan fingerprint density at radius 1 is 0.800 bits per heavy atom. The number of carbonyl (C=O) groups excluding carboxylic acids is 2. The lowest BCUT2D eigenvalue weighted by Crippen LogP contribution is -2.29. The Kier molecular flexibility index (Phi) is 4.65. The second kappa shape index (κ2) is 6.45. The van der Waals surface area contributed by atoms with Gasteiger partial charge in [-0.2, -0.15) is 0 Å². The van der Waals surface area contributed by atoms with Crippen LogP contribution in [0.5, 0.6) is 0 Å². The van der Waals surface area contributed by atoms with Crippen molar-refractivity contribution in [1.29, 1.82) is 0 Å². The van der Waals surface area contributed by atoms with Crippen molar-refractivity contribution in [3.8, 4) is 0 Å². The Morgan fingerprint density at radius 3 is 1.50 bits per heavy atom. The molecule has 0 aromatic heterocycles. The highest BCUT2D eigenvalue weighted by Gasteiger charge is 2.18. The molecule has 0 radical (unpaired) electrons. The molecular formula is C14H22N4O2. The molecule has 0 unspecified atom stereocenters. The largest absolute Gasteiger partial charge is 0.361 e. The van der Waals surface area contributed by atoms with Gasteiger partial charge in [0.25, 0.3) is 0 Å². The Bertz CT molecular complexity index is 393. The van der Waals surface area contributed by atoms with E-state index in [1.807, 2.05) is 36.3 Å². The number of hydrogen-bond donors (Lipinski definition) is 0. The maximum Gasteiger partial charge on any atom is 0.228 e. The van der Waals surface area contributed by atoms with Crippen molar-refractivity contribution < 1.29 is 9.59 Å². The van der Waals surface area contributed by atoms with Gasteiger partial charge in [0.15, 0.2) is 0 Å². The molecule has 0 fully saturated rings. The van der Waals surface area contributed by atoms with Gasteiger partial charge >= 0.3 is 0 Å². The third-order valence-corrected chi connectivity index (χ3v) is 3.43. The minimum Gasteiger partial charge on any atom is -0.361 e. The van der Waals surface area contributed by atoms with Crippen LogP contribution in [0.4, 0.5) is 0 Å². The van der Waals surface area contributed by atoms with Gasteiger partial charge in [0.05, 0.1) is 13.3 Å². The third-order valence-electron chi connectivity index (χ3n) is 3.43. The standard InChI is InChI=1S/C14H22N4O2/c1-15-7-9-17(11-15)13(19)5-3-4-6-14(20)18-10-8-16(2)12-18/h7-10H,3-6,11-12H2,1-2H3. The summed E-state index contributed by atoms with van der Waals surface area (Å²) in [7, 11) is 3.87. The lowest BCUT2D eigenvalue weighted by Gasteiger charge is -2.17. The minimum absolute atomic E-state index is 0.124. The van der Waals surface area contributed by atoms with Crippen molar-refractivity contribution in [2.75, 3.05) is 27.4 Å². The highest BCUT2D eigenvalue weighted by molar-refractivity contribution is 5.78. The SMILES string of the molecule is CN1C=CN(C(=O)CCCCC(=O)N2C=CN(C)C2)C1. The van der Waals surface area contributed by atoms with E-state index in [0.29, 0.717) is 26.2 Å². The molecule has 0 spiro atoms. The smallest absolute Gasteiger partial charge is 0.228 e. The molecule has 2 aliphatic heterocycles. The predicted molar refractivity (Wildman–Crippen MR) is 75.7 cm³/mol.